The minimum Gasteiger partial charge on any atom is -0.316 e. The standard InChI is InChI=1S/C11H22N2/c1-10(2)11(3,4)9-13-8-6-5-7-12/h10,13H,5-6,8-9H2,1-4H3. The van der Waals surface area contributed by atoms with Crippen LogP contribution in [0.5, 0.6) is 0 Å². The summed E-state index contributed by atoms with van der Waals surface area (Å²) in [6.45, 7) is 11.0. The van der Waals surface area contributed by atoms with E-state index in [1.54, 1.807) is 0 Å². The largest absolute Gasteiger partial charge is 0.316 e. The molecular formula is C11H22N2. The molecule has 0 saturated heterocycles. The third kappa shape index (κ3) is 5.65. The van der Waals surface area contributed by atoms with Crippen molar-refractivity contribution in [2.45, 2.75) is 40.5 Å². The lowest BCUT2D eigenvalue weighted by atomic mass is 9.81. The van der Waals surface area contributed by atoms with Crippen molar-refractivity contribution in [1.29, 1.82) is 5.26 Å². The molecule has 0 spiro atoms. The first-order valence-electron chi connectivity index (χ1n) is 5.08. The van der Waals surface area contributed by atoms with Gasteiger partial charge in [0.2, 0.25) is 0 Å². The Bertz CT molecular complexity index is 165. The van der Waals surface area contributed by atoms with Crippen molar-refractivity contribution < 1.29 is 0 Å². The molecule has 1 N–H and O–H groups in total. The minimum absolute atomic E-state index is 0.354. The van der Waals surface area contributed by atoms with Crippen LogP contribution in [-0.4, -0.2) is 13.1 Å². The van der Waals surface area contributed by atoms with Crippen LogP contribution in [0.4, 0.5) is 0 Å². The molecule has 0 aliphatic carbocycles. The summed E-state index contributed by atoms with van der Waals surface area (Å²) in [7, 11) is 0. The number of hydrogen-bond acceptors (Lipinski definition) is 2. The van der Waals surface area contributed by atoms with Crippen LogP contribution < -0.4 is 5.32 Å². The molecule has 0 aromatic heterocycles. The van der Waals surface area contributed by atoms with Gasteiger partial charge in [0.15, 0.2) is 0 Å². The van der Waals surface area contributed by atoms with E-state index in [2.05, 4.69) is 39.1 Å². The van der Waals surface area contributed by atoms with Crippen molar-refractivity contribution >= 4 is 0 Å². The molecule has 0 aromatic carbocycles. The molecule has 0 heterocycles. The zero-order valence-corrected chi connectivity index (χ0v) is 9.35. The lowest BCUT2D eigenvalue weighted by Crippen LogP contribution is -2.33. The van der Waals surface area contributed by atoms with Crippen molar-refractivity contribution in [1.82, 2.24) is 5.32 Å². The molecule has 0 atom stereocenters. The first kappa shape index (κ1) is 12.4. The SMILES string of the molecule is CC(C)C(C)(C)CNCCCC#N. The summed E-state index contributed by atoms with van der Waals surface area (Å²) in [6.07, 6.45) is 1.62. The van der Waals surface area contributed by atoms with E-state index >= 15 is 0 Å². The van der Waals surface area contributed by atoms with Gasteiger partial charge in [0.25, 0.3) is 0 Å². The zero-order valence-electron chi connectivity index (χ0n) is 9.35. The Morgan fingerprint density at radius 3 is 2.46 bits per heavy atom. The van der Waals surface area contributed by atoms with Gasteiger partial charge in [-0.2, -0.15) is 5.26 Å². The van der Waals surface area contributed by atoms with Crippen LogP contribution in [0, 0.1) is 22.7 Å². The Morgan fingerprint density at radius 2 is 2.00 bits per heavy atom. The van der Waals surface area contributed by atoms with Crippen LogP contribution >= 0.6 is 0 Å². The summed E-state index contributed by atoms with van der Waals surface area (Å²) in [5, 5.41) is 11.7. The van der Waals surface area contributed by atoms with E-state index < -0.39 is 0 Å². The van der Waals surface area contributed by atoms with E-state index in [1.807, 2.05) is 0 Å². The summed E-state index contributed by atoms with van der Waals surface area (Å²) < 4.78 is 0. The average Bonchev–Trinajstić information content (AvgIpc) is 2.03. The zero-order chi connectivity index (χ0) is 10.3. The fourth-order valence-corrected chi connectivity index (χ4v) is 0.907. The highest BCUT2D eigenvalue weighted by Gasteiger charge is 2.21. The Hall–Kier alpha value is -0.550. The van der Waals surface area contributed by atoms with Gasteiger partial charge in [0.05, 0.1) is 6.07 Å². The molecule has 0 unspecified atom stereocenters. The molecule has 0 bridgehead atoms. The van der Waals surface area contributed by atoms with Gasteiger partial charge in [-0.05, 0) is 24.3 Å². The van der Waals surface area contributed by atoms with Gasteiger partial charge in [-0.15, -0.1) is 0 Å². The number of unbranched alkanes of at least 4 members (excludes halogenated alkanes) is 1. The second-order valence-corrected chi connectivity index (χ2v) is 4.58. The number of rotatable bonds is 6. The second kappa shape index (κ2) is 5.99. The normalized spacial score (nSPS) is 11.7. The van der Waals surface area contributed by atoms with E-state index in [0.29, 0.717) is 17.8 Å². The molecule has 13 heavy (non-hydrogen) atoms. The van der Waals surface area contributed by atoms with Crippen molar-refractivity contribution in [2.24, 2.45) is 11.3 Å². The lowest BCUT2D eigenvalue weighted by molar-refractivity contribution is 0.238. The van der Waals surface area contributed by atoms with Crippen LogP contribution in [-0.2, 0) is 0 Å². The highest BCUT2D eigenvalue weighted by Crippen LogP contribution is 2.24. The molecule has 2 nitrogen and oxygen atoms in total. The van der Waals surface area contributed by atoms with Crippen LogP contribution in [0.2, 0.25) is 0 Å². The van der Waals surface area contributed by atoms with Crippen molar-refractivity contribution in [3.8, 4) is 6.07 Å². The summed E-state index contributed by atoms with van der Waals surface area (Å²) in [5.74, 6) is 0.691. The number of nitrogens with zero attached hydrogens (tertiary/aromatic N) is 1. The first-order valence-corrected chi connectivity index (χ1v) is 5.08. The fourth-order valence-electron chi connectivity index (χ4n) is 0.907. The topological polar surface area (TPSA) is 35.8 Å². The molecule has 0 amide bonds. The monoisotopic (exact) mass is 182 g/mol. The summed E-state index contributed by atoms with van der Waals surface area (Å²) >= 11 is 0. The van der Waals surface area contributed by atoms with Gasteiger partial charge in [-0.3, -0.25) is 0 Å². The van der Waals surface area contributed by atoms with E-state index in [9.17, 15) is 0 Å². The third-order valence-electron chi connectivity index (χ3n) is 2.79. The Balaban J connectivity index is 3.48. The Kier molecular flexibility index (Phi) is 5.73. The smallest absolute Gasteiger partial charge is 0.0622 e. The van der Waals surface area contributed by atoms with Crippen LogP contribution in [0.3, 0.4) is 0 Å². The molecular weight excluding hydrogens is 160 g/mol. The molecule has 0 aliphatic heterocycles. The van der Waals surface area contributed by atoms with Gasteiger partial charge in [0.1, 0.15) is 0 Å². The van der Waals surface area contributed by atoms with Gasteiger partial charge in [-0.1, -0.05) is 27.7 Å². The molecule has 2 heteroatoms. The number of hydrogen-bond donors (Lipinski definition) is 1. The molecule has 0 radical (unpaired) electrons. The molecule has 76 valence electrons. The number of nitrogens with one attached hydrogen (secondary N) is 1. The van der Waals surface area contributed by atoms with Gasteiger partial charge in [0, 0.05) is 13.0 Å². The van der Waals surface area contributed by atoms with Crippen molar-refractivity contribution in [2.75, 3.05) is 13.1 Å². The van der Waals surface area contributed by atoms with Gasteiger partial charge < -0.3 is 5.32 Å². The highest BCUT2D eigenvalue weighted by molar-refractivity contribution is 4.75. The predicted molar refractivity (Wildman–Crippen MR) is 56.3 cm³/mol. The van der Waals surface area contributed by atoms with Gasteiger partial charge in [-0.25, -0.2) is 0 Å². The van der Waals surface area contributed by atoms with Crippen LogP contribution in [0.25, 0.3) is 0 Å². The summed E-state index contributed by atoms with van der Waals surface area (Å²) in [6, 6.07) is 2.15. The molecule has 0 rings (SSSR count). The van der Waals surface area contributed by atoms with Crippen molar-refractivity contribution in [3.05, 3.63) is 0 Å². The molecule has 0 aromatic rings. The second-order valence-electron chi connectivity index (χ2n) is 4.58. The third-order valence-corrected chi connectivity index (χ3v) is 2.79. The Labute approximate surface area is 82.3 Å². The minimum atomic E-state index is 0.354. The van der Waals surface area contributed by atoms with Crippen LogP contribution in [0.15, 0.2) is 0 Å². The molecule has 0 fully saturated rings. The van der Waals surface area contributed by atoms with E-state index in [0.717, 1.165) is 19.5 Å². The maximum Gasteiger partial charge on any atom is 0.0622 e. The lowest BCUT2D eigenvalue weighted by Gasteiger charge is -2.29. The maximum atomic E-state index is 8.34. The highest BCUT2D eigenvalue weighted by atomic mass is 14.9. The first-order chi connectivity index (χ1) is 6.00. The van der Waals surface area contributed by atoms with Crippen molar-refractivity contribution in [3.63, 3.8) is 0 Å². The average molecular weight is 182 g/mol. The van der Waals surface area contributed by atoms with Gasteiger partial charge >= 0.3 is 0 Å². The summed E-state index contributed by atoms with van der Waals surface area (Å²) in [4.78, 5) is 0. The van der Waals surface area contributed by atoms with E-state index in [4.69, 9.17) is 5.26 Å². The fraction of sp³-hybridized carbons (Fsp3) is 0.909. The quantitative estimate of drug-likeness (QED) is 0.641. The predicted octanol–water partition coefficient (Wildman–Crippen LogP) is 2.56. The Morgan fingerprint density at radius 1 is 1.38 bits per heavy atom. The summed E-state index contributed by atoms with van der Waals surface area (Å²) in [5.41, 5.74) is 0.354. The molecule has 0 aliphatic rings. The number of nitriles is 1. The van der Waals surface area contributed by atoms with E-state index in [1.165, 1.54) is 0 Å². The van der Waals surface area contributed by atoms with E-state index in [-0.39, 0.29) is 0 Å². The maximum absolute atomic E-state index is 8.34. The van der Waals surface area contributed by atoms with Crippen LogP contribution in [0.1, 0.15) is 40.5 Å². The molecule has 0 saturated carbocycles.